The average molecular weight is 280 g/mol. The summed E-state index contributed by atoms with van der Waals surface area (Å²) in [5, 5.41) is 0. The lowest BCUT2D eigenvalue weighted by Crippen LogP contribution is -2.46. The van der Waals surface area contributed by atoms with Gasteiger partial charge in [0.1, 0.15) is 0 Å². The van der Waals surface area contributed by atoms with E-state index in [0.717, 1.165) is 34.4 Å². The van der Waals surface area contributed by atoms with Gasteiger partial charge in [0.25, 0.3) is 5.91 Å². The minimum absolute atomic E-state index is 0.00632. The highest BCUT2D eigenvalue weighted by molar-refractivity contribution is 6.08. The first-order valence-corrected chi connectivity index (χ1v) is 7.29. The standard InChI is InChI=1S/C18H20N2O/c1-12-6-5-7-13(2)17(12)18(21)20-11-15(19)10-14-8-3-4-9-16(14)20/h3-9,15H,10-11,19H2,1-2H3. The molecule has 108 valence electrons. The first kappa shape index (κ1) is 13.8. The van der Waals surface area contributed by atoms with Crippen molar-refractivity contribution in [2.45, 2.75) is 26.3 Å². The second-order valence-electron chi connectivity index (χ2n) is 5.78. The van der Waals surface area contributed by atoms with E-state index in [1.807, 2.05) is 55.1 Å². The Morgan fingerprint density at radius 2 is 1.76 bits per heavy atom. The first-order valence-electron chi connectivity index (χ1n) is 7.29. The SMILES string of the molecule is Cc1cccc(C)c1C(=O)N1CC(N)Cc2ccccc21. The summed E-state index contributed by atoms with van der Waals surface area (Å²) >= 11 is 0. The van der Waals surface area contributed by atoms with Crippen LogP contribution in [0.15, 0.2) is 42.5 Å². The van der Waals surface area contributed by atoms with Crippen LogP contribution < -0.4 is 10.6 Å². The van der Waals surface area contributed by atoms with Crippen LogP contribution in [0.2, 0.25) is 0 Å². The summed E-state index contributed by atoms with van der Waals surface area (Å²) in [5.41, 5.74) is 11.1. The fourth-order valence-corrected chi connectivity index (χ4v) is 3.11. The zero-order valence-corrected chi connectivity index (χ0v) is 12.5. The highest BCUT2D eigenvalue weighted by atomic mass is 16.2. The molecular weight excluding hydrogens is 260 g/mol. The van der Waals surface area contributed by atoms with Crippen molar-refractivity contribution < 1.29 is 4.79 Å². The largest absolute Gasteiger partial charge is 0.326 e. The molecule has 0 spiro atoms. The summed E-state index contributed by atoms with van der Waals surface area (Å²) in [5.74, 6) is 0.0493. The fraction of sp³-hybridized carbons (Fsp3) is 0.278. The van der Waals surface area contributed by atoms with Crippen molar-refractivity contribution in [2.24, 2.45) is 5.73 Å². The van der Waals surface area contributed by atoms with Gasteiger partial charge in [0.05, 0.1) is 0 Å². The van der Waals surface area contributed by atoms with Gasteiger partial charge in [-0.25, -0.2) is 0 Å². The van der Waals surface area contributed by atoms with E-state index in [4.69, 9.17) is 5.73 Å². The summed E-state index contributed by atoms with van der Waals surface area (Å²) in [6.45, 7) is 4.54. The first-order chi connectivity index (χ1) is 10.1. The number of hydrogen-bond donors (Lipinski definition) is 1. The summed E-state index contributed by atoms with van der Waals surface area (Å²) in [6, 6.07) is 14.0. The zero-order chi connectivity index (χ0) is 15.0. The predicted octanol–water partition coefficient (Wildman–Crippen LogP) is 2.83. The normalized spacial score (nSPS) is 17.5. The molecule has 3 heteroatoms. The van der Waals surface area contributed by atoms with Crippen LogP contribution in [0.4, 0.5) is 5.69 Å². The second kappa shape index (κ2) is 5.34. The summed E-state index contributed by atoms with van der Waals surface area (Å²) < 4.78 is 0. The number of carbonyl (C=O) groups excluding carboxylic acids is 1. The molecule has 1 heterocycles. The van der Waals surface area contributed by atoms with Gasteiger partial charge in [-0.05, 0) is 43.0 Å². The molecule has 0 fully saturated rings. The molecule has 1 amide bonds. The number of carbonyl (C=O) groups is 1. The lowest BCUT2D eigenvalue weighted by Gasteiger charge is -2.33. The molecule has 0 aliphatic carbocycles. The Labute approximate surface area is 125 Å². The number of amides is 1. The van der Waals surface area contributed by atoms with Crippen molar-refractivity contribution in [3.63, 3.8) is 0 Å². The number of hydrogen-bond acceptors (Lipinski definition) is 2. The number of benzene rings is 2. The number of aryl methyl sites for hydroxylation is 2. The van der Waals surface area contributed by atoms with Crippen molar-refractivity contribution in [1.29, 1.82) is 0 Å². The maximum Gasteiger partial charge on any atom is 0.258 e. The van der Waals surface area contributed by atoms with E-state index in [-0.39, 0.29) is 11.9 Å². The van der Waals surface area contributed by atoms with Gasteiger partial charge in [-0.15, -0.1) is 0 Å². The Balaban J connectivity index is 2.06. The minimum atomic E-state index is -0.00632. The Kier molecular flexibility index (Phi) is 3.52. The number of anilines is 1. The molecule has 3 rings (SSSR count). The van der Waals surface area contributed by atoms with Gasteiger partial charge in [-0.2, -0.15) is 0 Å². The molecule has 21 heavy (non-hydrogen) atoms. The molecule has 1 aliphatic heterocycles. The molecule has 0 aromatic heterocycles. The lowest BCUT2D eigenvalue weighted by molar-refractivity contribution is 0.0982. The van der Waals surface area contributed by atoms with E-state index in [2.05, 4.69) is 6.07 Å². The summed E-state index contributed by atoms with van der Waals surface area (Å²) in [6.07, 6.45) is 0.826. The topological polar surface area (TPSA) is 46.3 Å². The molecule has 1 unspecified atom stereocenters. The fourth-order valence-electron chi connectivity index (χ4n) is 3.11. The Hall–Kier alpha value is -2.13. The van der Waals surface area contributed by atoms with Crippen LogP contribution in [0.25, 0.3) is 0 Å². The van der Waals surface area contributed by atoms with Crippen LogP contribution in [0.5, 0.6) is 0 Å². The third kappa shape index (κ3) is 2.45. The zero-order valence-electron chi connectivity index (χ0n) is 12.5. The van der Waals surface area contributed by atoms with Gasteiger partial charge in [0.2, 0.25) is 0 Å². The number of para-hydroxylation sites is 1. The molecular formula is C18H20N2O. The van der Waals surface area contributed by atoms with E-state index in [9.17, 15) is 4.79 Å². The monoisotopic (exact) mass is 280 g/mol. The van der Waals surface area contributed by atoms with E-state index in [0.29, 0.717) is 6.54 Å². The third-order valence-electron chi connectivity index (χ3n) is 4.12. The molecule has 0 saturated carbocycles. The molecule has 2 N–H and O–H groups in total. The molecule has 2 aromatic carbocycles. The Morgan fingerprint density at radius 1 is 1.10 bits per heavy atom. The van der Waals surface area contributed by atoms with Gasteiger partial charge in [0.15, 0.2) is 0 Å². The second-order valence-corrected chi connectivity index (χ2v) is 5.78. The van der Waals surface area contributed by atoms with Gasteiger partial charge in [-0.1, -0.05) is 36.4 Å². The van der Waals surface area contributed by atoms with Crippen molar-refractivity contribution in [1.82, 2.24) is 0 Å². The Morgan fingerprint density at radius 3 is 2.48 bits per heavy atom. The van der Waals surface area contributed by atoms with E-state index in [1.165, 1.54) is 0 Å². The number of nitrogens with two attached hydrogens (primary N) is 1. The molecule has 0 saturated heterocycles. The smallest absolute Gasteiger partial charge is 0.258 e. The van der Waals surface area contributed by atoms with Crippen molar-refractivity contribution in [3.05, 3.63) is 64.7 Å². The molecule has 2 aromatic rings. The number of rotatable bonds is 1. The maximum absolute atomic E-state index is 13.0. The highest BCUT2D eigenvalue weighted by Gasteiger charge is 2.28. The van der Waals surface area contributed by atoms with Gasteiger partial charge in [0, 0.05) is 23.8 Å². The molecule has 0 bridgehead atoms. The van der Waals surface area contributed by atoms with Crippen LogP contribution in [-0.4, -0.2) is 18.5 Å². The summed E-state index contributed by atoms with van der Waals surface area (Å²) in [4.78, 5) is 14.9. The quantitative estimate of drug-likeness (QED) is 0.873. The average Bonchev–Trinajstić information content (AvgIpc) is 2.46. The molecule has 3 nitrogen and oxygen atoms in total. The van der Waals surface area contributed by atoms with Crippen molar-refractivity contribution in [2.75, 3.05) is 11.4 Å². The third-order valence-corrected chi connectivity index (χ3v) is 4.12. The molecule has 1 aliphatic rings. The number of fused-ring (bicyclic) bond motifs is 1. The Bertz CT molecular complexity index is 673. The van der Waals surface area contributed by atoms with E-state index >= 15 is 0 Å². The van der Waals surface area contributed by atoms with Gasteiger partial charge >= 0.3 is 0 Å². The van der Waals surface area contributed by atoms with Crippen LogP contribution in [0, 0.1) is 13.8 Å². The van der Waals surface area contributed by atoms with Crippen LogP contribution in [0.1, 0.15) is 27.0 Å². The highest BCUT2D eigenvalue weighted by Crippen LogP contribution is 2.29. The molecule has 0 radical (unpaired) electrons. The van der Waals surface area contributed by atoms with E-state index < -0.39 is 0 Å². The van der Waals surface area contributed by atoms with Gasteiger partial charge < -0.3 is 10.6 Å². The van der Waals surface area contributed by atoms with Gasteiger partial charge in [-0.3, -0.25) is 4.79 Å². The van der Waals surface area contributed by atoms with Crippen LogP contribution >= 0.6 is 0 Å². The van der Waals surface area contributed by atoms with Crippen LogP contribution in [0.3, 0.4) is 0 Å². The predicted molar refractivity (Wildman–Crippen MR) is 85.7 cm³/mol. The number of nitrogens with zero attached hydrogens (tertiary/aromatic N) is 1. The lowest BCUT2D eigenvalue weighted by atomic mass is 9.95. The van der Waals surface area contributed by atoms with E-state index in [1.54, 1.807) is 0 Å². The summed E-state index contributed by atoms with van der Waals surface area (Å²) in [7, 11) is 0. The maximum atomic E-state index is 13.0. The molecule has 1 atom stereocenters. The van der Waals surface area contributed by atoms with Crippen LogP contribution in [-0.2, 0) is 6.42 Å². The van der Waals surface area contributed by atoms with Crippen molar-refractivity contribution >= 4 is 11.6 Å². The van der Waals surface area contributed by atoms with Crippen molar-refractivity contribution in [3.8, 4) is 0 Å². The minimum Gasteiger partial charge on any atom is -0.326 e.